The number of halogens is 1. The molecule has 0 saturated heterocycles. The van der Waals surface area contributed by atoms with Crippen molar-refractivity contribution in [2.45, 2.75) is 20.8 Å². The van der Waals surface area contributed by atoms with E-state index in [1.165, 1.54) is 0 Å². The van der Waals surface area contributed by atoms with Crippen LogP contribution in [-0.4, -0.2) is 4.57 Å². The summed E-state index contributed by atoms with van der Waals surface area (Å²) in [5.41, 5.74) is 3.19. The molecule has 0 fully saturated rings. The lowest BCUT2D eigenvalue weighted by molar-refractivity contribution is 0.867. The van der Waals surface area contributed by atoms with Crippen molar-refractivity contribution in [3.05, 3.63) is 66.6 Å². The standard InChI is InChI=1S/C19H22ClN/c1-5-6-17-12-19(16(4)20)21(13-17)18-10-9-14(2)7-8-15(3)11-18/h5-15H,4H2,1-3H3/b6-5+,8-7-,10-9?,18-11?. The van der Waals surface area contributed by atoms with Crippen molar-refractivity contribution >= 4 is 28.4 Å². The molecule has 2 heteroatoms. The van der Waals surface area contributed by atoms with Crippen molar-refractivity contribution in [1.29, 1.82) is 0 Å². The van der Waals surface area contributed by atoms with Crippen molar-refractivity contribution in [2.75, 3.05) is 0 Å². The first-order valence-corrected chi connectivity index (χ1v) is 7.67. The average Bonchev–Trinajstić information content (AvgIpc) is 2.84. The lowest BCUT2D eigenvalue weighted by Crippen LogP contribution is -2.01. The predicted molar refractivity (Wildman–Crippen MR) is 94.9 cm³/mol. The molecule has 0 spiro atoms. The maximum atomic E-state index is 6.17. The Balaban J connectivity index is 2.53. The Labute approximate surface area is 132 Å². The first-order chi connectivity index (χ1) is 10.0. The van der Waals surface area contributed by atoms with Crippen molar-refractivity contribution in [3.63, 3.8) is 0 Å². The second-order valence-corrected chi connectivity index (χ2v) is 5.94. The van der Waals surface area contributed by atoms with E-state index in [4.69, 9.17) is 11.6 Å². The molecule has 0 N–H and O–H groups in total. The van der Waals surface area contributed by atoms with Crippen LogP contribution in [0.3, 0.4) is 0 Å². The third-order valence-corrected chi connectivity index (χ3v) is 3.67. The van der Waals surface area contributed by atoms with Crippen molar-refractivity contribution in [3.8, 4) is 0 Å². The Kier molecular flexibility index (Phi) is 5.08. The Hall–Kier alpha value is -1.73. The second-order valence-electron chi connectivity index (χ2n) is 5.49. The van der Waals surface area contributed by atoms with Crippen LogP contribution in [-0.2, 0) is 0 Å². The number of allylic oxidation sites excluding steroid dienone is 7. The van der Waals surface area contributed by atoms with Crippen LogP contribution in [0, 0.1) is 11.8 Å². The van der Waals surface area contributed by atoms with Gasteiger partial charge in [-0.25, -0.2) is 0 Å². The highest BCUT2D eigenvalue weighted by Crippen LogP contribution is 2.27. The lowest BCUT2D eigenvalue weighted by atomic mass is 10.0. The van der Waals surface area contributed by atoms with Crippen molar-refractivity contribution in [2.24, 2.45) is 11.8 Å². The molecule has 0 aromatic carbocycles. The summed E-state index contributed by atoms with van der Waals surface area (Å²) in [6.07, 6.45) is 17.3. The normalized spacial score (nSPS) is 23.7. The Morgan fingerprint density at radius 2 is 1.95 bits per heavy atom. The molecular weight excluding hydrogens is 278 g/mol. The van der Waals surface area contributed by atoms with Gasteiger partial charge in [0.15, 0.2) is 0 Å². The molecule has 1 aromatic heterocycles. The monoisotopic (exact) mass is 299 g/mol. The molecule has 2 atom stereocenters. The highest BCUT2D eigenvalue weighted by atomic mass is 35.5. The van der Waals surface area contributed by atoms with Gasteiger partial charge in [0.05, 0.1) is 10.7 Å². The van der Waals surface area contributed by atoms with E-state index in [0.29, 0.717) is 16.9 Å². The van der Waals surface area contributed by atoms with Gasteiger partial charge in [0, 0.05) is 11.9 Å². The van der Waals surface area contributed by atoms with Crippen LogP contribution in [0.5, 0.6) is 0 Å². The maximum Gasteiger partial charge on any atom is 0.0642 e. The molecular formula is C19H22ClN. The molecule has 1 aliphatic carbocycles. The van der Waals surface area contributed by atoms with Gasteiger partial charge in [0.25, 0.3) is 0 Å². The zero-order chi connectivity index (χ0) is 15.4. The molecule has 0 amide bonds. The van der Waals surface area contributed by atoms with E-state index in [9.17, 15) is 0 Å². The molecule has 1 heterocycles. The highest BCUT2D eigenvalue weighted by Gasteiger charge is 2.11. The van der Waals surface area contributed by atoms with E-state index in [1.807, 2.05) is 13.0 Å². The van der Waals surface area contributed by atoms with Gasteiger partial charge in [-0.05, 0) is 36.5 Å². The molecule has 0 saturated carbocycles. The van der Waals surface area contributed by atoms with Crippen LogP contribution in [0.4, 0.5) is 0 Å². The van der Waals surface area contributed by atoms with Gasteiger partial charge in [-0.1, -0.05) is 68.5 Å². The van der Waals surface area contributed by atoms with Gasteiger partial charge in [-0.15, -0.1) is 0 Å². The zero-order valence-electron chi connectivity index (χ0n) is 12.9. The number of nitrogens with zero attached hydrogens (tertiary/aromatic N) is 1. The van der Waals surface area contributed by atoms with Crippen LogP contribution in [0.2, 0.25) is 0 Å². The topological polar surface area (TPSA) is 4.93 Å². The minimum Gasteiger partial charge on any atom is -0.315 e. The third kappa shape index (κ3) is 3.89. The minimum atomic E-state index is 0.386. The summed E-state index contributed by atoms with van der Waals surface area (Å²) in [6, 6.07) is 2.06. The predicted octanol–water partition coefficient (Wildman–Crippen LogP) is 5.97. The summed E-state index contributed by atoms with van der Waals surface area (Å²) < 4.78 is 2.11. The molecule has 0 radical (unpaired) electrons. The van der Waals surface area contributed by atoms with Crippen LogP contribution >= 0.6 is 11.6 Å². The van der Waals surface area contributed by atoms with E-state index >= 15 is 0 Å². The quantitative estimate of drug-likeness (QED) is 0.606. The van der Waals surface area contributed by atoms with Gasteiger partial charge in [-0.2, -0.15) is 0 Å². The van der Waals surface area contributed by atoms with E-state index in [0.717, 1.165) is 17.0 Å². The Morgan fingerprint density at radius 3 is 2.62 bits per heavy atom. The molecule has 1 nitrogen and oxygen atoms in total. The molecule has 0 aliphatic heterocycles. The molecule has 21 heavy (non-hydrogen) atoms. The van der Waals surface area contributed by atoms with Crippen LogP contribution in [0.1, 0.15) is 32.0 Å². The van der Waals surface area contributed by atoms with E-state index in [2.05, 4.69) is 73.7 Å². The smallest absolute Gasteiger partial charge is 0.0642 e. The van der Waals surface area contributed by atoms with Gasteiger partial charge in [-0.3, -0.25) is 0 Å². The number of aromatic nitrogens is 1. The van der Waals surface area contributed by atoms with Crippen molar-refractivity contribution < 1.29 is 0 Å². The number of rotatable bonds is 3. The largest absolute Gasteiger partial charge is 0.315 e. The molecule has 2 rings (SSSR count). The zero-order valence-corrected chi connectivity index (χ0v) is 13.6. The summed E-state index contributed by atoms with van der Waals surface area (Å²) in [5.74, 6) is 0.820. The fourth-order valence-electron chi connectivity index (χ4n) is 2.40. The van der Waals surface area contributed by atoms with E-state index < -0.39 is 0 Å². The van der Waals surface area contributed by atoms with E-state index in [-0.39, 0.29) is 0 Å². The van der Waals surface area contributed by atoms with Gasteiger partial charge < -0.3 is 4.57 Å². The summed E-state index contributed by atoms with van der Waals surface area (Å²) >= 11 is 6.17. The number of hydrogen-bond donors (Lipinski definition) is 0. The minimum absolute atomic E-state index is 0.386. The summed E-state index contributed by atoms with van der Waals surface area (Å²) in [5, 5.41) is 0.554. The molecule has 2 unspecified atom stereocenters. The van der Waals surface area contributed by atoms with Gasteiger partial charge in [0.2, 0.25) is 0 Å². The van der Waals surface area contributed by atoms with Crippen molar-refractivity contribution in [1.82, 2.24) is 4.57 Å². The maximum absolute atomic E-state index is 6.17. The lowest BCUT2D eigenvalue weighted by Gasteiger charge is -2.14. The summed E-state index contributed by atoms with van der Waals surface area (Å²) in [7, 11) is 0. The van der Waals surface area contributed by atoms with Crippen LogP contribution < -0.4 is 0 Å². The third-order valence-electron chi connectivity index (χ3n) is 3.48. The summed E-state index contributed by atoms with van der Waals surface area (Å²) in [6.45, 7) is 10.3. The van der Waals surface area contributed by atoms with Gasteiger partial charge in [0.1, 0.15) is 0 Å². The molecule has 1 aliphatic rings. The highest BCUT2D eigenvalue weighted by molar-refractivity contribution is 6.48. The second kappa shape index (κ2) is 6.82. The molecule has 0 bridgehead atoms. The fourth-order valence-corrected chi connectivity index (χ4v) is 2.54. The first-order valence-electron chi connectivity index (χ1n) is 7.30. The summed E-state index contributed by atoms with van der Waals surface area (Å²) in [4.78, 5) is 0. The van der Waals surface area contributed by atoms with E-state index in [1.54, 1.807) is 0 Å². The SMILES string of the molecule is C=C(Cl)c1cc(/C=C/C)cn1C1=CC(C)/C=C\C(C)C=C1. The first kappa shape index (κ1) is 15.7. The average molecular weight is 300 g/mol. The van der Waals surface area contributed by atoms with Crippen LogP contribution in [0.15, 0.2) is 55.3 Å². The van der Waals surface area contributed by atoms with Crippen LogP contribution in [0.25, 0.3) is 16.8 Å². The molecule has 1 aromatic rings. The number of hydrogen-bond acceptors (Lipinski definition) is 0. The molecule has 110 valence electrons. The Morgan fingerprint density at radius 1 is 1.24 bits per heavy atom. The Bertz CT molecular complexity index is 641. The van der Waals surface area contributed by atoms with Gasteiger partial charge >= 0.3 is 0 Å². The fraction of sp³-hybridized carbons (Fsp3) is 0.263.